The Hall–Kier alpha value is -2.82. The molecule has 0 spiro atoms. The number of hydrogen-bond donors (Lipinski definition) is 2. The standard InChI is InChI=1S/C24H27N3O4S3/c1-15-8-6-7-9-17(15)16-10-11-18(25)19(12-16)34(29,30)20-13-21(33-22(20)32-5)26-14-27-23(28)31-24(2,3)4/h6-14H,25H2,1-5H3,(H,26,27,28). The number of sulfone groups is 1. The first-order chi connectivity index (χ1) is 15.9. The van der Waals surface area contributed by atoms with Gasteiger partial charge < -0.3 is 10.5 Å². The average molecular weight is 518 g/mol. The predicted molar refractivity (Wildman–Crippen MR) is 140 cm³/mol. The Bertz CT molecular complexity index is 1340. The highest BCUT2D eigenvalue weighted by atomic mass is 32.2. The molecule has 34 heavy (non-hydrogen) atoms. The van der Waals surface area contributed by atoms with E-state index in [-0.39, 0.29) is 15.5 Å². The maximum atomic E-state index is 13.6. The van der Waals surface area contributed by atoms with Crippen molar-refractivity contribution in [1.29, 1.82) is 0 Å². The summed E-state index contributed by atoms with van der Waals surface area (Å²) in [6.07, 6.45) is 2.34. The highest BCUT2D eigenvalue weighted by Crippen LogP contribution is 2.42. The van der Waals surface area contributed by atoms with E-state index in [9.17, 15) is 13.2 Å². The highest BCUT2D eigenvalue weighted by Gasteiger charge is 2.27. The lowest BCUT2D eigenvalue weighted by Gasteiger charge is -2.18. The van der Waals surface area contributed by atoms with Gasteiger partial charge in [0.05, 0.1) is 26.0 Å². The number of nitrogen functional groups attached to an aromatic ring is 1. The molecule has 0 radical (unpaired) electrons. The maximum Gasteiger partial charge on any atom is 0.412 e. The van der Waals surface area contributed by atoms with Crippen LogP contribution >= 0.6 is 23.1 Å². The Kier molecular flexibility index (Phi) is 7.74. The van der Waals surface area contributed by atoms with Crippen LogP contribution in [-0.4, -0.2) is 32.7 Å². The van der Waals surface area contributed by atoms with Crippen LogP contribution in [0.2, 0.25) is 0 Å². The monoisotopic (exact) mass is 517 g/mol. The van der Waals surface area contributed by atoms with E-state index in [2.05, 4.69) is 10.3 Å². The largest absolute Gasteiger partial charge is 0.444 e. The fraction of sp³-hybridized carbons (Fsp3) is 0.250. The fourth-order valence-corrected chi connectivity index (χ4v) is 7.12. The number of carbonyl (C=O) groups excluding carboxylic acids is 1. The van der Waals surface area contributed by atoms with Crippen LogP contribution in [0.4, 0.5) is 15.5 Å². The van der Waals surface area contributed by atoms with Crippen LogP contribution in [0.5, 0.6) is 0 Å². The molecule has 0 unspecified atom stereocenters. The molecule has 1 heterocycles. The van der Waals surface area contributed by atoms with E-state index in [0.29, 0.717) is 9.21 Å². The summed E-state index contributed by atoms with van der Waals surface area (Å²) in [5.74, 6) is 0. The van der Waals surface area contributed by atoms with Crippen LogP contribution < -0.4 is 11.1 Å². The molecule has 7 nitrogen and oxygen atoms in total. The van der Waals surface area contributed by atoms with E-state index in [4.69, 9.17) is 10.5 Å². The van der Waals surface area contributed by atoms with E-state index < -0.39 is 21.5 Å². The second kappa shape index (κ2) is 10.2. The molecule has 0 atom stereocenters. The van der Waals surface area contributed by atoms with Crippen LogP contribution in [0.15, 0.2) is 67.5 Å². The van der Waals surface area contributed by atoms with Gasteiger partial charge in [-0.1, -0.05) is 30.3 Å². The zero-order valence-corrected chi connectivity index (χ0v) is 22.0. The first-order valence-electron chi connectivity index (χ1n) is 10.3. The summed E-state index contributed by atoms with van der Waals surface area (Å²) < 4.78 is 33.0. The molecule has 2 aromatic carbocycles. The summed E-state index contributed by atoms with van der Waals surface area (Å²) in [6, 6.07) is 14.3. The molecule has 3 rings (SSSR count). The Balaban J connectivity index is 1.95. The van der Waals surface area contributed by atoms with Gasteiger partial charge >= 0.3 is 6.09 Å². The van der Waals surface area contributed by atoms with Crippen molar-refractivity contribution in [1.82, 2.24) is 5.32 Å². The summed E-state index contributed by atoms with van der Waals surface area (Å²) in [4.78, 5) is 16.2. The van der Waals surface area contributed by atoms with Crippen molar-refractivity contribution < 1.29 is 17.9 Å². The second-order valence-electron chi connectivity index (χ2n) is 8.42. The lowest BCUT2D eigenvalue weighted by molar-refractivity contribution is 0.0565. The molecule has 3 N–H and O–H groups in total. The van der Waals surface area contributed by atoms with Gasteiger partial charge in [-0.25, -0.2) is 18.2 Å². The number of aryl methyl sites for hydroxylation is 1. The van der Waals surface area contributed by atoms with E-state index >= 15 is 0 Å². The van der Waals surface area contributed by atoms with Crippen molar-refractivity contribution in [3.63, 3.8) is 0 Å². The Morgan fingerprint density at radius 2 is 1.85 bits per heavy atom. The lowest BCUT2D eigenvalue weighted by Crippen LogP contribution is -2.31. The number of nitrogens with one attached hydrogen (secondary N) is 1. The average Bonchev–Trinajstić information content (AvgIpc) is 3.17. The lowest BCUT2D eigenvalue weighted by atomic mass is 10.0. The van der Waals surface area contributed by atoms with Gasteiger partial charge in [0.15, 0.2) is 0 Å². The van der Waals surface area contributed by atoms with Crippen molar-refractivity contribution in [2.75, 3.05) is 12.0 Å². The van der Waals surface area contributed by atoms with Crippen molar-refractivity contribution in [3.8, 4) is 11.1 Å². The van der Waals surface area contributed by atoms with Gasteiger partial charge in [0.1, 0.15) is 10.6 Å². The number of hydrogen-bond acceptors (Lipinski definition) is 8. The van der Waals surface area contributed by atoms with Gasteiger partial charge in [0.25, 0.3) is 0 Å². The number of ether oxygens (including phenoxy) is 1. The van der Waals surface area contributed by atoms with Gasteiger partial charge in [0, 0.05) is 0 Å². The van der Waals surface area contributed by atoms with Crippen molar-refractivity contribution in [3.05, 3.63) is 54.1 Å². The van der Waals surface area contributed by atoms with Crippen molar-refractivity contribution in [2.24, 2.45) is 4.99 Å². The summed E-state index contributed by atoms with van der Waals surface area (Å²) in [5, 5.41) is 2.85. The third-order valence-electron chi connectivity index (χ3n) is 4.66. The van der Waals surface area contributed by atoms with E-state index in [1.807, 2.05) is 37.3 Å². The number of benzene rings is 2. The molecule has 3 aromatic rings. The van der Waals surface area contributed by atoms with Crippen molar-refractivity contribution in [2.45, 2.75) is 47.3 Å². The molecular weight excluding hydrogens is 490 g/mol. The molecule has 0 aliphatic carbocycles. The quantitative estimate of drug-likeness (QED) is 0.178. The summed E-state index contributed by atoms with van der Waals surface area (Å²) >= 11 is 2.51. The second-order valence-corrected chi connectivity index (χ2v) is 12.4. The first kappa shape index (κ1) is 25.8. The van der Waals surface area contributed by atoms with Gasteiger partial charge in [0.2, 0.25) is 9.84 Å². The first-order valence-corrected chi connectivity index (χ1v) is 13.9. The number of thiophene rings is 1. The minimum atomic E-state index is -3.92. The number of amides is 1. The molecular formula is C24H27N3O4S3. The van der Waals surface area contributed by atoms with Crippen LogP contribution in [-0.2, 0) is 14.6 Å². The molecule has 0 aliphatic rings. The number of rotatable bonds is 6. The molecule has 1 aromatic heterocycles. The number of alkyl carbamates (subject to hydrolysis) is 1. The van der Waals surface area contributed by atoms with E-state index in [1.54, 1.807) is 39.2 Å². The molecule has 0 bridgehead atoms. The van der Waals surface area contributed by atoms with Crippen LogP contribution in [0.3, 0.4) is 0 Å². The molecule has 10 heteroatoms. The maximum absolute atomic E-state index is 13.6. The zero-order chi connectivity index (χ0) is 25.1. The van der Waals surface area contributed by atoms with Gasteiger partial charge in [-0.2, -0.15) is 0 Å². The Morgan fingerprint density at radius 3 is 2.50 bits per heavy atom. The number of thioether (sulfide) groups is 1. The smallest absolute Gasteiger partial charge is 0.412 e. The van der Waals surface area contributed by atoms with Crippen molar-refractivity contribution >= 4 is 56.1 Å². The Labute approximate surface area is 208 Å². The van der Waals surface area contributed by atoms with E-state index in [0.717, 1.165) is 16.7 Å². The normalized spacial score (nSPS) is 12.1. The minimum Gasteiger partial charge on any atom is -0.444 e. The minimum absolute atomic E-state index is 0.0452. The zero-order valence-electron chi connectivity index (χ0n) is 19.6. The Morgan fingerprint density at radius 1 is 1.15 bits per heavy atom. The SMILES string of the molecule is CSc1sc(N=CNC(=O)OC(C)(C)C)cc1S(=O)(=O)c1cc(-c2ccccc2C)ccc1N. The van der Waals surface area contributed by atoms with Crippen LogP contribution in [0.1, 0.15) is 26.3 Å². The third kappa shape index (κ3) is 5.99. The third-order valence-corrected chi connectivity index (χ3v) is 8.93. The topological polar surface area (TPSA) is 111 Å². The summed E-state index contributed by atoms with van der Waals surface area (Å²) in [7, 11) is -3.92. The molecule has 0 saturated carbocycles. The number of nitrogens with zero attached hydrogens (tertiary/aromatic N) is 1. The summed E-state index contributed by atoms with van der Waals surface area (Å²) in [6.45, 7) is 7.24. The number of carbonyl (C=O) groups is 1. The highest BCUT2D eigenvalue weighted by molar-refractivity contribution is 8.01. The van der Waals surface area contributed by atoms with Gasteiger partial charge in [-0.3, -0.25) is 5.32 Å². The van der Waals surface area contributed by atoms with Crippen LogP contribution in [0, 0.1) is 6.92 Å². The predicted octanol–water partition coefficient (Wildman–Crippen LogP) is 6.04. The molecule has 1 amide bonds. The molecule has 180 valence electrons. The summed E-state index contributed by atoms with van der Waals surface area (Å²) in [5.41, 5.74) is 8.39. The number of anilines is 1. The molecule has 0 fully saturated rings. The van der Waals surface area contributed by atoms with E-state index in [1.165, 1.54) is 35.5 Å². The molecule has 0 aliphatic heterocycles. The number of aliphatic imine (C=N–C) groups is 1. The van der Waals surface area contributed by atoms with Gasteiger partial charge in [-0.15, -0.1) is 23.1 Å². The number of nitrogens with two attached hydrogens (primary N) is 1. The molecule has 0 saturated heterocycles. The van der Waals surface area contributed by atoms with Gasteiger partial charge in [-0.05, 0) is 68.8 Å². The fourth-order valence-electron chi connectivity index (χ4n) is 3.15. The van der Waals surface area contributed by atoms with Crippen LogP contribution in [0.25, 0.3) is 11.1 Å².